The highest BCUT2D eigenvalue weighted by Crippen LogP contribution is 2.40. The minimum Gasteiger partial charge on any atom is -0.480 e. The van der Waals surface area contributed by atoms with Gasteiger partial charge >= 0.3 is 5.97 Å². The van der Waals surface area contributed by atoms with Crippen molar-refractivity contribution >= 4 is 11.8 Å². The van der Waals surface area contributed by atoms with Crippen molar-refractivity contribution in [1.82, 2.24) is 10.9 Å². The number of rotatable bonds is 5. The maximum atomic E-state index is 11.1. The fourth-order valence-corrected chi connectivity index (χ4v) is 3.60. The number of hydrogen-bond donors (Lipinski definition) is 5. The molecule has 4 atom stereocenters. The number of nitrogens with zero attached hydrogens (tertiary/aromatic N) is 1. The molecule has 0 aromatic heterocycles. The predicted molar refractivity (Wildman–Crippen MR) is 76.5 cm³/mol. The van der Waals surface area contributed by atoms with Crippen molar-refractivity contribution in [3.63, 3.8) is 0 Å². The van der Waals surface area contributed by atoms with Gasteiger partial charge in [-0.1, -0.05) is 6.42 Å². The summed E-state index contributed by atoms with van der Waals surface area (Å²) in [7, 11) is 0. The lowest BCUT2D eigenvalue weighted by Crippen LogP contribution is -2.49. The Kier molecular flexibility index (Phi) is 5.19. The molecule has 0 spiro atoms. The molecule has 20 heavy (non-hydrogen) atoms. The number of hydrogen-bond acceptors (Lipinski definition) is 5. The van der Waals surface area contributed by atoms with Crippen molar-refractivity contribution in [2.75, 3.05) is 6.54 Å². The van der Waals surface area contributed by atoms with Crippen molar-refractivity contribution < 1.29 is 9.90 Å². The number of carbonyl (C=O) groups is 1. The van der Waals surface area contributed by atoms with Crippen molar-refractivity contribution in [2.24, 2.45) is 34.4 Å². The summed E-state index contributed by atoms with van der Waals surface area (Å²) < 4.78 is 0. The van der Waals surface area contributed by atoms with Gasteiger partial charge in [0, 0.05) is 6.42 Å². The molecular weight excluding hydrogens is 258 g/mol. The van der Waals surface area contributed by atoms with Crippen molar-refractivity contribution in [3.05, 3.63) is 0 Å². The van der Waals surface area contributed by atoms with Crippen LogP contribution in [0, 0.1) is 17.8 Å². The van der Waals surface area contributed by atoms with E-state index in [4.69, 9.17) is 16.7 Å². The number of hydrazone groups is 1. The van der Waals surface area contributed by atoms with Crippen LogP contribution in [0.1, 0.15) is 38.5 Å². The van der Waals surface area contributed by atoms with Crippen molar-refractivity contribution in [1.29, 1.82) is 0 Å². The van der Waals surface area contributed by atoms with E-state index in [1.807, 2.05) is 0 Å². The Labute approximate surface area is 119 Å². The molecule has 0 aromatic carbocycles. The monoisotopic (exact) mass is 283 g/mol. The second kappa shape index (κ2) is 6.90. The Bertz CT molecular complexity index is 374. The smallest absolute Gasteiger partial charge is 0.320 e. The first-order valence-corrected chi connectivity index (χ1v) is 7.34. The molecule has 1 heterocycles. The first kappa shape index (κ1) is 15.1. The van der Waals surface area contributed by atoms with Crippen LogP contribution in [0.25, 0.3) is 0 Å². The van der Waals surface area contributed by atoms with Crippen LogP contribution in [-0.4, -0.2) is 29.5 Å². The molecule has 7 nitrogen and oxygen atoms in total. The van der Waals surface area contributed by atoms with Gasteiger partial charge in [-0.3, -0.25) is 4.79 Å². The summed E-state index contributed by atoms with van der Waals surface area (Å²) in [5.41, 5.74) is 7.92. The number of nitrogens with two attached hydrogens (primary N) is 2. The van der Waals surface area contributed by atoms with E-state index < -0.39 is 5.97 Å². The Hall–Kier alpha value is -1.34. The maximum Gasteiger partial charge on any atom is 0.320 e. The zero-order valence-corrected chi connectivity index (χ0v) is 11.7. The summed E-state index contributed by atoms with van der Waals surface area (Å²) in [6.45, 7) is 0.842. The molecule has 7 N–H and O–H groups in total. The number of piperidine rings is 1. The highest BCUT2D eigenvalue weighted by molar-refractivity contribution is 5.79. The molecule has 114 valence electrons. The van der Waals surface area contributed by atoms with E-state index in [1.54, 1.807) is 0 Å². The molecule has 4 unspecified atom stereocenters. The molecule has 1 saturated carbocycles. The summed E-state index contributed by atoms with van der Waals surface area (Å²) in [5, 5.41) is 16.0. The van der Waals surface area contributed by atoms with Gasteiger partial charge < -0.3 is 16.2 Å². The summed E-state index contributed by atoms with van der Waals surface area (Å²) in [6, 6.07) is -0.372. The van der Waals surface area contributed by atoms with Crippen LogP contribution in [0.4, 0.5) is 0 Å². The van der Waals surface area contributed by atoms with Crippen LogP contribution in [0.15, 0.2) is 5.10 Å². The molecule has 1 saturated heterocycles. The molecule has 2 aliphatic rings. The number of fused-ring (bicyclic) bond motifs is 1. The third-order valence-corrected chi connectivity index (χ3v) is 4.73. The Morgan fingerprint density at radius 1 is 1.35 bits per heavy atom. The van der Waals surface area contributed by atoms with Gasteiger partial charge in [0.2, 0.25) is 0 Å². The fraction of sp³-hybridized carbons (Fsp3) is 0.846. The van der Waals surface area contributed by atoms with Crippen LogP contribution >= 0.6 is 0 Å². The zero-order chi connectivity index (χ0) is 14.5. The SMILES string of the molecule is NN/N=C(\N)CCC1CCC2CNC(C(=O)O)CC2C1. The lowest BCUT2D eigenvalue weighted by Gasteiger charge is -2.41. The molecule has 1 aliphatic carbocycles. The van der Waals surface area contributed by atoms with E-state index in [9.17, 15) is 4.79 Å². The number of hydrazine groups is 1. The van der Waals surface area contributed by atoms with E-state index in [0.29, 0.717) is 23.6 Å². The number of aliphatic carboxylic acids is 1. The normalized spacial score (nSPS) is 34.4. The van der Waals surface area contributed by atoms with Gasteiger partial charge in [-0.2, -0.15) is 5.10 Å². The third kappa shape index (κ3) is 3.83. The first-order chi connectivity index (χ1) is 9.60. The van der Waals surface area contributed by atoms with Crippen LogP contribution in [0.3, 0.4) is 0 Å². The largest absolute Gasteiger partial charge is 0.480 e. The average molecular weight is 283 g/mol. The molecule has 0 aromatic rings. The van der Waals surface area contributed by atoms with E-state index in [-0.39, 0.29) is 6.04 Å². The highest BCUT2D eigenvalue weighted by Gasteiger charge is 2.37. The molecular formula is C13H25N5O2. The highest BCUT2D eigenvalue weighted by atomic mass is 16.4. The van der Waals surface area contributed by atoms with Gasteiger partial charge in [-0.15, -0.1) is 0 Å². The first-order valence-electron chi connectivity index (χ1n) is 7.34. The van der Waals surface area contributed by atoms with Crippen LogP contribution in [0.2, 0.25) is 0 Å². The van der Waals surface area contributed by atoms with Crippen molar-refractivity contribution in [2.45, 2.75) is 44.6 Å². The minimum atomic E-state index is -0.726. The topological polar surface area (TPSA) is 126 Å². The summed E-state index contributed by atoms with van der Waals surface area (Å²) in [5.74, 6) is 6.68. The Balaban J connectivity index is 1.82. The molecule has 0 bridgehead atoms. The summed E-state index contributed by atoms with van der Waals surface area (Å²) >= 11 is 0. The molecule has 0 amide bonds. The van der Waals surface area contributed by atoms with Crippen LogP contribution < -0.4 is 22.4 Å². The standard InChI is InChI=1S/C13H25N5O2/c14-12(17-18-15)4-2-8-1-3-9-7-16-11(13(19)20)6-10(9)5-8/h8-11,16,18H,1-7,15H2,(H2,14,17)(H,19,20). The van der Waals surface area contributed by atoms with Crippen molar-refractivity contribution in [3.8, 4) is 0 Å². The van der Waals surface area contributed by atoms with Crippen LogP contribution in [-0.2, 0) is 4.79 Å². The third-order valence-electron chi connectivity index (χ3n) is 4.73. The zero-order valence-electron chi connectivity index (χ0n) is 11.7. The van der Waals surface area contributed by atoms with Crippen LogP contribution in [0.5, 0.6) is 0 Å². The Morgan fingerprint density at radius 2 is 2.15 bits per heavy atom. The van der Waals surface area contributed by atoms with Gasteiger partial charge in [0.25, 0.3) is 0 Å². The maximum absolute atomic E-state index is 11.1. The number of nitrogens with one attached hydrogen (secondary N) is 2. The summed E-state index contributed by atoms with van der Waals surface area (Å²) in [4.78, 5) is 11.1. The van der Waals surface area contributed by atoms with E-state index >= 15 is 0 Å². The molecule has 7 heteroatoms. The fourth-order valence-electron chi connectivity index (χ4n) is 3.60. The second-order valence-corrected chi connectivity index (χ2v) is 6.00. The van der Waals surface area contributed by atoms with E-state index in [2.05, 4.69) is 16.0 Å². The van der Waals surface area contributed by atoms with Gasteiger partial charge in [0.1, 0.15) is 11.9 Å². The van der Waals surface area contributed by atoms with E-state index in [0.717, 1.165) is 32.2 Å². The molecule has 1 aliphatic heterocycles. The number of carboxylic acid groups (broad SMARTS) is 1. The second-order valence-electron chi connectivity index (χ2n) is 6.00. The molecule has 2 rings (SSSR count). The lowest BCUT2D eigenvalue weighted by atomic mass is 9.69. The van der Waals surface area contributed by atoms with Gasteiger partial charge in [0.05, 0.1) is 0 Å². The molecule has 2 fully saturated rings. The van der Waals surface area contributed by atoms with E-state index in [1.165, 1.54) is 12.8 Å². The average Bonchev–Trinajstić information content (AvgIpc) is 2.44. The summed E-state index contributed by atoms with van der Waals surface area (Å²) in [6.07, 6.45) is 5.99. The minimum absolute atomic E-state index is 0.372. The van der Waals surface area contributed by atoms with Gasteiger partial charge in [-0.25, -0.2) is 11.4 Å². The Morgan fingerprint density at radius 3 is 2.85 bits per heavy atom. The number of carboxylic acids is 1. The van der Waals surface area contributed by atoms with Gasteiger partial charge in [-0.05, 0) is 50.0 Å². The van der Waals surface area contributed by atoms with Gasteiger partial charge in [0.15, 0.2) is 0 Å². The lowest BCUT2D eigenvalue weighted by molar-refractivity contribution is -0.141. The predicted octanol–water partition coefficient (Wildman–Crippen LogP) is -0.0189. The quantitative estimate of drug-likeness (QED) is 0.209. The number of amidine groups is 1. The molecule has 0 radical (unpaired) electrons.